The lowest BCUT2D eigenvalue weighted by molar-refractivity contribution is -0.138. The number of tetrazole rings is 1. The number of rotatable bonds is 5. The summed E-state index contributed by atoms with van der Waals surface area (Å²) in [6.07, 6.45) is 0.104. The third kappa shape index (κ3) is 3.38. The van der Waals surface area contributed by atoms with E-state index in [1.54, 1.807) is 16.0 Å². The van der Waals surface area contributed by atoms with Crippen LogP contribution in [0.25, 0.3) is 10.7 Å². The van der Waals surface area contributed by atoms with Gasteiger partial charge in [0.25, 0.3) is 0 Å². The molecule has 6 nitrogen and oxygen atoms in total. The Labute approximate surface area is 122 Å². The Hall–Kier alpha value is -1.28. The van der Waals surface area contributed by atoms with E-state index in [4.69, 9.17) is 5.11 Å². The normalized spacial score (nSPS) is 12.6. The number of carbonyl (C=O) groups is 1. The molecule has 0 saturated heterocycles. The van der Waals surface area contributed by atoms with Crippen molar-refractivity contribution in [2.75, 3.05) is 0 Å². The van der Waals surface area contributed by atoms with Crippen LogP contribution in [0.3, 0.4) is 0 Å². The first-order chi connectivity index (χ1) is 8.97. The SMILES string of the molecule is Cc1cc(-c2nnnn2CC(C)CC(=O)O)sc1Br. The van der Waals surface area contributed by atoms with Crippen LogP contribution in [-0.2, 0) is 11.3 Å². The summed E-state index contributed by atoms with van der Waals surface area (Å²) in [5.41, 5.74) is 1.13. The van der Waals surface area contributed by atoms with Crippen molar-refractivity contribution in [3.63, 3.8) is 0 Å². The van der Waals surface area contributed by atoms with Gasteiger partial charge in [-0.05, 0) is 50.8 Å². The summed E-state index contributed by atoms with van der Waals surface area (Å²) < 4.78 is 2.71. The van der Waals surface area contributed by atoms with Gasteiger partial charge >= 0.3 is 5.97 Å². The van der Waals surface area contributed by atoms with Crippen molar-refractivity contribution < 1.29 is 9.90 Å². The van der Waals surface area contributed by atoms with E-state index in [9.17, 15) is 4.79 Å². The monoisotopic (exact) mass is 344 g/mol. The number of carboxylic acids is 1. The van der Waals surface area contributed by atoms with E-state index < -0.39 is 5.97 Å². The van der Waals surface area contributed by atoms with Crippen LogP contribution in [0.4, 0.5) is 0 Å². The van der Waals surface area contributed by atoms with Gasteiger partial charge in [0.15, 0.2) is 5.82 Å². The summed E-state index contributed by atoms with van der Waals surface area (Å²) in [5, 5.41) is 20.4. The maximum absolute atomic E-state index is 10.7. The summed E-state index contributed by atoms with van der Waals surface area (Å²) in [7, 11) is 0. The molecule has 1 atom stereocenters. The number of thiophene rings is 1. The quantitative estimate of drug-likeness (QED) is 0.901. The van der Waals surface area contributed by atoms with Crippen molar-refractivity contribution in [2.45, 2.75) is 26.8 Å². The molecule has 0 aliphatic rings. The lowest BCUT2D eigenvalue weighted by Crippen LogP contribution is -2.13. The number of aryl methyl sites for hydroxylation is 1. The van der Waals surface area contributed by atoms with Gasteiger partial charge in [0.05, 0.1) is 8.66 Å². The van der Waals surface area contributed by atoms with Crippen LogP contribution in [-0.4, -0.2) is 31.3 Å². The van der Waals surface area contributed by atoms with Gasteiger partial charge in [-0.15, -0.1) is 16.4 Å². The molecule has 0 fully saturated rings. The molecule has 0 amide bonds. The Kier molecular flexibility index (Phi) is 4.31. The predicted molar refractivity (Wildman–Crippen MR) is 75.0 cm³/mol. The molecule has 2 aromatic rings. The minimum atomic E-state index is -0.808. The number of nitrogens with zero attached hydrogens (tertiary/aromatic N) is 4. The Morgan fingerprint density at radius 1 is 1.63 bits per heavy atom. The fourth-order valence-electron chi connectivity index (χ4n) is 1.73. The first-order valence-corrected chi connectivity index (χ1v) is 7.32. The van der Waals surface area contributed by atoms with Crippen molar-refractivity contribution in [3.8, 4) is 10.7 Å². The first-order valence-electron chi connectivity index (χ1n) is 5.71. The van der Waals surface area contributed by atoms with Crippen molar-refractivity contribution in [2.24, 2.45) is 5.92 Å². The molecule has 0 spiro atoms. The van der Waals surface area contributed by atoms with Crippen molar-refractivity contribution in [3.05, 3.63) is 15.4 Å². The highest BCUT2D eigenvalue weighted by Crippen LogP contribution is 2.33. The smallest absolute Gasteiger partial charge is 0.303 e. The fourth-order valence-corrected chi connectivity index (χ4v) is 3.26. The van der Waals surface area contributed by atoms with Crippen molar-refractivity contribution in [1.29, 1.82) is 0 Å². The van der Waals surface area contributed by atoms with Crippen LogP contribution in [0, 0.1) is 12.8 Å². The number of aliphatic carboxylic acids is 1. The molecule has 2 aromatic heterocycles. The van der Waals surface area contributed by atoms with E-state index in [-0.39, 0.29) is 12.3 Å². The van der Waals surface area contributed by atoms with E-state index in [0.717, 1.165) is 14.2 Å². The van der Waals surface area contributed by atoms with Gasteiger partial charge in [-0.2, -0.15) is 0 Å². The Bertz CT molecular complexity index is 576. The van der Waals surface area contributed by atoms with Gasteiger partial charge in [0.2, 0.25) is 0 Å². The molecule has 8 heteroatoms. The van der Waals surface area contributed by atoms with Gasteiger partial charge in [0.1, 0.15) is 0 Å². The second kappa shape index (κ2) is 5.79. The zero-order chi connectivity index (χ0) is 14.0. The minimum Gasteiger partial charge on any atom is -0.481 e. The molecule has 1 unspecified atom stereocenters. The Morgan fingerprint density at radius 2 is 2.37 bits per heavy atom. The second-order valence-corrected chi connectivity index (χ2v) is 6.83. The van der Waals surface area contributed by atoms with Gasteiger partial charge in [0, 0.05) is 13.0 Å². The molecule has 2 rings (SSSR count). The molecular formula is C11H13BrN4O2S. The third-order valence-electron chi connectivity index (χ3n) is 2.62. The number of hydrogen-bond donors (Lipinski definition) is 1. The number of halogens is 1. The number of carboxylic acid groups (broad SMARTS) is 1. The third-order valence-corrected chi connectivity index (χ3v) is 4.75. The highest BCUT2D eigenvalue weighted by Gasteiger charge is 2.16. The molecule has 102 valence electrons. The summed E-state index contributed by atoms with van der Waals surface area (Å²) >= 11 is 5.04. The number of hydrogen-bond acceptors (Lipinski definition) is 5. The van der Waals surface area contributed by atoms with Crippen LogP contribution in [0.2, 0.25) is 0 Å². The molecule has 0 aromatic carbocycles. The van der Waals surface area contributed by atoms with Crippen LogP contribution < -0.4 is 0 Å². The number of aromatic nitrogens is 4. The molecule has 2 heterocycles. The van der Waals surface area contributed by atoms with Crippen LogP contribution in [0.1, 0.15) is 18.9 Å². The summed E-state index contributed by atoms with van der Waals surface area (Å²) in [5.74, 6) is -0.155. The highest BCUT2D eigenvalue weighted by atomic mass is 79.9. The molecule has 19 heavy (non-hydrogen) atoms. The van der Waals surface area contributed by atoms with Gasteiger partial charge in [-0.3, -0.25) is 4.79 Å². The van der Waals surface area contributed by atoms with E-state index in [0.29, 0.717) is 12.4 Å². The fraction of sp³-hybridized carbons (Fsp3) is 0.455. The molecule has 0 bridgehead atoms. The molecular weight excluding hydrogens is 332 g/mol. The average Bonchev–Trinajstić information content (AvgIpc) is 2.85. The van der Waals surface area contributed by atoms with E-state index >= 15 is 0 Å². The van der Waals surface area contributed by atoms with Crippen LogP contribution >= 0.6 is 27.3 Å². The molecule has 0 radical (unpaired) electrons. The predicted octanol–water partition coefficient (Wildman–Crippen LogP) is 2.58. The molecule has 0 aliphatic carbocycles. The minimum absolute atomic E-state index is 0.0238. The summed E-state index contributed by atoms with van der Waals surface area (Å²) in [6, 6.07) is 2.01. The van der Waals surface area contributed by atoms with Crippen LogP contribution in [0.15, 0.2) is 9.85 Å². The van der Waals surface area contributed by atoms with Gasteiger partial charge < -0.3 is 5.11 Å². The maximum atomic E-state index is 10.7. The maximum Gasteiger partial charge on any atom is 0.303 e. The van der Waals surface area contributed by atoms with Crippen LogP contribution in [0.5, 0.6) is 0 Å². The second-order valence-electron chi connectivity index (χ2n) is 4.46. The Balaban J connectivity index is 2.20. The molecule has 0 aliphatic heterocycles. The zero-order valence-corrected chi connectivity index (χ0v) is 12.9. The van der Waals surface area contributed by atoms with Gasteiger partial charge in [-0.25, -0.2) is 4.68 Å². The van der Waals surface area contributed by atoms with Gasteiger partial charge in [-0.1, -0.05) is 6.92 Å². The van der Waals surface area contributed by atoms with Crippen molar-refractivity contribution >= 4 is 33.2 Å². The average molecular weight is 345 g/mol. The van der Waals surface area contributed by atoms with E-state index in [2.05, 4.69) is 31.5 Å². The van der Waals surface area contributed by atoms with E-state index in [1.165, 1.54) is 0 Å². The lowest BCUT2D eigenvalue weighted by Gasteiger charge is -2.08. The van der Waals surface area contributed by atoms with Crippen molar-refractivity contribution in [1.82, 2.24) is 20.2 Å². The van der Waals surface area contributed by atoms with E-state index in [1.807, 2.05) is 19.9 Å². The Morgan fingerprint density at radius 3 is 2.95 bits per heavy atom. The first kappa shape index (κ1) is 14.1. The highest BCUT2D eigenvalue weighted by molar-refractivity contribution is 9.11. The lowest BCUT2D eigenvalue weighted by atomic mass is 10.1. The standard InChI is InChI=1S/C11H13BrN4O2S/c1-6(3-9(17)18)5-16-11(13-14-15-16)8-4-7(2)10(12)19-8/h4,6H,3,5H2,1-2H3,(H,17,18). The summed E-state index contributed by atoms with van der Waals surface area (Å²) in [6.45, 7) is 4.36. The molecule has 0 saturated carbocycles. The topological polar surface area (TPSA) is 80.9 Å². The zero-order valence-electron chi connectivity index (χ0n) is 10.5. The largest absolute Gasteiger partial charge is 0.481 e. The summed E-state index contributed by atoms with van der Waals surface area (Å²) in [4.78, 5) is 11.6. The molecule has 1 N–H and O–H groups in total.